The van der Waals surface area contributed by atoms with Crippen LogP contribution in [-0.2, 0) is 4.74 Å². The molecule has 1 amide bonds. The molecule has 0 aliphatic carbocycles. The molecule has 0 aliphatic rings. The molecule has 1 N–H and O–H groups in total. The van der Waals surface area contributed by atoms with Crippen molar-refractivity contribution in [3.8, 4) is 11.5 Å². The van der Waals surface area contributed by atoms with Crippen LogP contribution >= 0.6 is 11.3 Å². The Hall–Kier alpha value is -2.61. The summed E-state index contributed by atoms with van der Waals surface area (Å²) >= 11 is 0.951. The fraction of sp³-hybridized carbons (Fsp3) is 0.200. The van der Waals surface area contributed by atoms with E-state index in [4.69, 9.17) is 9.47 Å². The minimum absolute atomic E-state index is 0.0549. The van der Waals surface area contributed by atoms with Gasteiger partial charge in [0.1, 0.15) is 4.88 Å². The minimum atomic E-state index is -0.666. The Morgan fingerprint density at radius 3 is 2.26 bits per heavy atom. The van der Waals surface area contributed by atoms with Crippen molar-refractivity contribution < 1.29 is 28.2 Å². The maximum atomic E-state index is 14.0. The summed E-state index contributed by atoms with van der Waals surface area (Å²) in [4.78, 5) is 24.1. The first kappa shape index (κ1) is 16.8. The Morgan fingerprint density at radius 1 is 1.04 bits per heavy atom. The quantitative estimate of drug-likeness (QED) is 0.848. The van der Waals surface area contributed by atoms with Crippen molar-refractivity contribution in [2.45, 2.75) is 0 Å². The number of esters is 1. The van der Waals surface area contributed by atoms with E-state index in [9.17, 15) is 14.0 Å². The van der Waals surface area contributed by atoms with Gasteiger partial charge in [-0.25, -0.2) is 9.18 Å². The number of thiophene rings is 1. The van der Waals surface area contributed by atoms with Crippen LogP contribution in [0.1, 0.15) is 19.3 Å². The summed E-state index contributed by atoms with van der Waals surface area (Å²) in [6, 6.07) is 5.37. The number of nitrogens with one attached hydrogen (secondary N) is 1. The Morgan fingerprint density at radius 2 is 1.65 bits per heavy atom. The van der Waals surface area contributed by atoms with Crippen LogP contribution in [0.4, 0.5) is 10.1 Å². The molecule has 122 valence electrons. The highest BCUT2D eigenvalue weighted by molar-refractivity contribution is 7.16. The Kier molecular flexibility index (Phi) is 5.17. The van der Waals surface area contributed by atoms with Gasteiger partial charge in [0.2, 0.25) is 0 Å². The van der Waals surface area contributed by atoms with Crippen LogP contribution in [0.2, 0.25) is 0 Å². The van der Waals surface area contributed by atoms with Crippen molar-refractivity contribution in [1.82, 2.24) is 0 Å². The van der Waals surface area contributed by atoms with Crippen molar-refractivity contribution in [3.63, 3.8) is 0 Å². The van der Waals surface area contributed by atoms with Gasteiger partial charge in [-0.05, 0) is 12.1 Å². The van der Waals surface area contributed by atoms with Gasteiger partial charge in [-0.3, -0.25) is 4.79 Å². The van der Waals surface area contributed by atoms with Gasteiger partial charge < -0.3 is 19.5 Å². The zero-order valence-electron chi connectivity index (χ0n) is 12.6. The van der Waals surface area contributed by atoms with E-state index in [0.717, 1.165) is 17.4 Å². The average molecular weight is 339 g/mol. The summed E-state index contributed by atoms with van der Waals surface area (Å²) in [5.41, 5.74) is -0.0549. The lowest BCUT2D eigenvalue weighted by molar-refractivity contribution is 0.0606. The molecular weight excluding hydrogens is 325 g/mol. The average Bonchev–Trinajstić information content (AvgIpc) is 3.05. The maximum absolute atomic E-state index is 14.0. The third kappa shape index (κ3) is 3.59. The van der Waals surface area contributed by atoms with Crippen molar-refractivity contribution in [3.05, 3.63) is 39.8 Å². The van der Waals surface area contributed by atoms with Crippen LogP contribution < -0.4 is 14.8 Å². The molecule has 1 aromatic heterocycles. The number of amides is 1. The molecule has 0 saturated carbocycles. The molecule has 23 heavy (non-hydrogen) atoms. The number of rotatable bonds is 5. The number of ether oxygens (including phenoxy) is 3. The normalized spacial score (nSPS) is 10.1. The lowest BCUT2D eigenvalue weighted by atomic mass is 10.2. The number of carbonyl (C=O) groups excluding carboxylic acids is 2. The van der Waals surface area contributed by atoms with Crippen LogP contribution in [0.3, 0.4) is 0 Å². The van der Waals surface area contributed by atoms with Crippen LogP contribution in [0, 0.1) is 5.82 Å². The van der Waals surface area contributed by atoms with Gasteiger partial charge in [-0.1, -0.05) is 0 Å². The first-order valence-electron chi connectivity index (χ1n) is 6.41. The van der Waals surface area contributed by atoms with Crippen molar-refractivity contribution in [2.75, 3.05) is 26.6 Å². The number of benzene rings is 1. The maximum Gasteiger partial charge on any atom is 0.348 e. The number of anilines is 1. The number of hydrogen-bond donors (Lipinski definition) is 1. The van der Waals surface area contributed by atoms with Gasteiger partial charge >= 0.3 is 5.97 Å². The summed E-state index contributed by atoms with van der Waals surface area (Å²) in [5, 5.41) is 2.43. The fourth-order valence-electron chi connectivity index (χ4n) is 1.80. The molecule has 6 nitrogen and oxygen atoms in total. The molecule has 1 heterocycles. The molecule has 0 radical (unpaired) electrons. The summed E-state index contributed by atoms with van der Waals surface area (Å²) in [5.74, 6) is -1.25. The van der Waals surface area contributed by atoms with Crippen molar-refractivity contribution in [2.24, 2.45) is 0 Å². The molecule has 0 spiro atoms. The van der Waals surface area contributed by atoms with E-state index >= 15 is 0 Å². The van der Waals surface area contributed by atoms with Crippen LogP contribution in [-0.4, -0.2) is 33.2 Å². The second-order valence-electron chi connectivity index (χ2n) is 4.30. The smallest absolute Gasteiger partial charge is 0.348 e. The Balaban J connectivity index is 2.23. The highest BCUT2D eigenvalue weighted by Crippen LogP contribution is 2.32. The van der Waals surface area contributed by atoms with E-state index < -0.39 is 17.7 Å². The van der Waals surface area contributed by atoms with Gasteiger partial charge in [-0.15, -0.1) is 11.3 Å². The molecule has 0 unspecified atom stereocenters. The van der Waals surface area contributed by atoms with Crippen molar-refractivity contribution >= 4 is 28.9 Å². The second kappa shape index (κ2) is 7.10. The molecule has 2 rings (SSSR count). The van der Waals surface area contributed by atoms with E-state index in [1.807, 2.05) is 0 Å². The van der Waals surface area contributed by atoms with Crippen LogP contribution in [0.25, 0.3) is 0 Å². The van der Waals surface area contributed by atoms with Gasteiger partial charge in [0, 0.05) is 12.1 Å². The summed E-state index contributed by atoms with van der Waals surface area (Å²) in [6.07, 6.45) is 0. The SMILES string of the molecule is COC(=O)c1ccc(C(=O)Nc2cc(OC)c(OC)cc2F)s1. The van der Waals surface area contributed by atoms with Gasteiger partial charge in [0.05, 0.1) is 31.9 Å². The van der Waals surface area contributed by atoms with E-state index in [1.165, 1.54) is 39.5 Å². The zero-order valence-corrected chi connectivity index (χ0v) is 13.5. The van der Waals surface area contributed by atoms with Crippen molar-refractivity contribution in [1.29, 1.82) is 0 Å². The monoisotopic (exact) mass is 339 g/mol. The minimum Gasteiger partial charge on any atom is -0.493 e. The third-order valence-corrected chi connectivity index (χ3v) is 4.00. The van der Waals surface area contributed by atoms with Gasteiger partial charge in [0.25, 0.3) is 5.91 Å². The standard InChI is InChI=1S/C15H14FNO5S/c1-20-10-6-8(16)9(7-11(10)21-2)17-14(18)12-4-5-13(23-12)15(19)22-3/h4-7H,1-3H3,(H,17,18). The molecule has 0 saturated heterocycles. The first-order chi connectivity index (χ1) is 11.0. The molecule has 0 atom stereocenters. The van der Waals surface area contributed by atoms with E-state index in [-0.39, 0.29) is 26.9 Å². The second-order valence-corrected chi connectivity index (χ2v) is 5.38. The Labute approximate surface area is 135 Å². The molecule has 0 bridgehead atoms. The molecule has 1 aromatic carbocycles. The largest absolute Gasteiger partial charge is 0.493 e. The summed E-state index contributed by atoms with van der Waals surface area (Å²) in [7, 11) is 4.04. The zero-order chi connectivity index (χ0) is 17.0. The molecule has 8 heteroatoms. The highest BCUT2D eigenvalue weighted by Gasteiger charge is 2.17. The Bertz CT molecular complexity index is 743. The molecule has 0 fully saturated rings. The fourth-order valence-corrected chi connectivity index (χ4v) is 2.62. The summed E-state index contributed by atoms with van der Waals surface area (Å²) in [6.45, 7) is 0. The molecular formula is C15H14FNO5S. The third-order valence-electron chi connectivity index (χ3n) is 2.94. The number of methoxy groups -OCH3 is 3. The molecule has 0 aliphatic heterocycles. The lowest BCUT2D eigenvalue weighted by Crippen LogP contribution is -2.11. The van der Waals surface area contributed by atoms with Crippen LogP contribution in [0.15, 0.2) is 24.3 Å². The van der Waals surface area contributed by atoms with E-state index in [1.54, 1.807) is 0 Å². The number of halogens is 1. The van der Waals surface area contributed by atoms with E-state index in [2.05, 4.69) is 10.1 Å². The lowest BCUT2D eigenvalue weighted by Gasteiger charge is -2.11. The van der Waals surface area contributed by atoms with E-state index in [0.29, 0.717) is 0 Å². The predicted molar refractivity (Wildman–Crippen MR) is 83.1 cm³/mol. The van der Waals surface area contributed by atoms with Gasteiger partial charge in [-0.2, -0.15) is 0 Å². The topological polar surface area (TPSA) is 73.9 Å². The highest BCUT2D eigenvalue weighted by atomic mass is 32.1. The van der Waals surface area contributed by atoms with Crippen LogP contribution in [0.5, 0.6) is 11.5 Å². The molecule has 2 aromatic rings. The first-order valence-corrected chi connectivity index (χ1v) is 7.22. The van der Waals surface area contributed by atoms with Gasteiger partial charge in [0.15, 0.2) is 17.3 Å². The summed E-state index contributed by atoms with van der Waals surface area (Å²) < 4.78 is 28.6. The number of carbonyl (C=O) groups is 2. The number of hydrogen-bond acceptors (Lipinski definition) is 6. The predicted octanol–water partition coefficient (Wildman–Crippen LogP) is 2.94.